The summed E-state index contributed by atoms with van der Waals surface area (Å²) in [6.45, 7) is 9.25. The molecule has 0 radical (unpaired) electrons. The van der Waals surface area contributed by atoms with Crippen molar-refractivity contribution in [1.82, 2.24) is 4.90 Å². The Morgan fingerprint density at radius 1 is 1.14 bits per heavy atom. The van der Waals surface area contributed by atoms with Crippen LogP contribution in [0, 0.1) is 5.41 Å². The van der Waals surface area contributed by atoms with Gasteiger partial charge in [-0.25, -0.2) is 0 Å². The van der Waals surface area contributed by atoms with Crippen molar-refractivity contribution < 1.29 is 9.47 Å². The zero-order valence-electron chi connectivity index (χ0n) is 15.0. The Morgan fingerprint density at radius 3 is 2.36 bits per heavy atom. The highest BCUT2D eigenvalue weighted by molar-refractivity contribution is 5.53. The fraction of sp³-hybridized carbons (Fsp3) is 0.684. The lowest BCUT2D eigenvalue weighted by atomic mass is 9.77. The number of nitrogens with zero attached hydrogens (tertiary/aromatic N) is 1. The maximum absolute atomic E-state index is 5.42. The van der Waals surface area contributed by atoms with Gasteiger partial charge in [0.25, 0.3) is 0 Å². The molecule has 0 saturated carbocycles. The van der Waals surface area contributed by atoms with Gasteiger partial charge >= 0.3 is 0 Å². The van der Waals surface area contributed by atoms with Gasteiger partial charge in [0, 0.05) is 12.5 Å². The van der Waals surface area contributed by atoms with Crippen LogP contribution in [0.5, 0.6) is 11.5 Å². The fourth-order valence-corrected chi connectivity index (χ4v) is 3.25. The molecule has 0 aliphatic heterocycles. The van der Waals surface area contributed by atoms with Gasteiger partial charge in [0.05, 0.1) is 14.2 Å². The Kier molecular flexibility index (Phi) is 5.38. The predicted molar refractivity (Wildman–Crippen MR) is 92.2 cm³/mol. The van der Waals surface area contributed by atoms with Gasteiger partial charge in [0.15, 0.2) is 11.5 Å². The lowest BCUT2D eigenvalue weighted by Crippen LogP contribution is -2.32. The number of hydrogen-bond donors (Lipinski definition) is 0. The quantitative estimate of drug-likeness (QED) is 0.757. The summed E-state index contributed by atoms with van der Waals surface area (Å²) in [5.41, 5.74) is 3.28. The first-order chi connectivity index (χ1) is 10.3. The molecule has 1 unspecified atom stereocenters. The van der Waals surface area contributed by atoms with Crippen LogP contribution in [-0.4, -0.2) is 39.3 Å². The van der Waals surface area contributed by atoms with Crippen molar-refractivity contribution in [2.24, 2.45) is 5.41 Å². The minimum atomic E-state index is 0.438. The molecule has 0 aromatic heterocycles. The van der Waals surface area contributed by atoms with Crippen LogP contribution in [0.2, 0.25) is 0 Å². The first-order valence-corrected chi connectivity index (χ1v) is 8.27. The molecule has 0 saturated heterocycles. The molecular formula is C19H31NO2. The van der Waals surface area contributed by atoms with Crippen LogP contribution in [0.15, 0.2) is 12.1 Å². The normalized spacial score (nSPS) is 17.1. The van der Waals surface area contributed by atoms with Crippen molar-refractivity contribution in [2.45, 2.75) is 46.0 Å². The minimum absolute atomic E-state index is 0.438. The molecule has 0 bridgehead atoms. The maximum Gasteiger partial charge on any atom is 0.161 e. The Balaban J connectivity index is 1.88. The van der Waals surface area contributed by atoms with Crippen LogP contribution in [-0.2, 0) is 6.42 Å². The summed E-state index contributed by atoms with van der Waals surface area (Å²) < 4.78 is 10.8. The van der Waals surface area contributed by atoms with Crippen molar-refractivity contribution in [3.05, 3.63) is 23.3 Å². The summed E-state index contributed by atoms with van der Waals surface area (Å²) in [5, 5.41) is 0. The van der Waals surface area contributed by atoms with E-state index in [0.29, 0.717) is 11.3 Å². The van der Waals surface area contributed by atoms with E-state index in [-0.39, 0.29) is 0 Å². The highest BCUT2D eigenvalue weighted by Crippen LogP contribution is 2.42. The molecule has 3 heteroatoms. The first kappa shape index (κ1) is 17.1. The zero-order chi connectivity index (χ0) is 16.3. The molecule has 1 atom stereocenters. The third-order valence-corrected chi connectivity index (χ3v) is 4.55. The number of rotatable bonds is 7. The van der Waals surface area contributed by atoms with Crippen molar-refractivity contribution >= 4 is 0 Å². The smallest absolute Gasteiger partial charge is 0.161 e. The number of likely N-dealkylation sites (N-methyl/N-ethyl adjacent to an activating group) is 1. The van der Waals surface area contributed by atoms with E-state index in [4.69, 9.17) is 9.47 Å². The molecule has 124 valence electrons. The monoisotopic (exact) mass is 305 g/mol. The maximum atomic E-state index is 5.42. The average molecular weight is 305 g/mol. The number of ether oxygens (including phenoxy) is 2. The van der Waals surface area contributed by atoms with E-state index in [1.807, 2.05) is 0 Å². The summed E-state index contributed by atoms with van der Waals surface area (Å²) in [6, 6.07) is 4.29. The standard InChI is InChI=1S/C19H31NO2/c1-19(2,3)8-7-9-20(4)13-15-10-14-11-17(21-5)18(22-6)12-16(14)15/h11-12,15H,7-10,13H2,1-6H3. The van der Waals surface area contributed by atoms with E-state index < -0.39 is 0 Å². The molecule has 0 spiro atoms. The van der Waals surface area contributed by atoms with E-state index in [9.17, 15) is 0 Å². The van der Waals surface area contributed by atoms with Gasteiger partial charge in [-0.15, -0.1) is 0 Å². The highest BCUT2D eigenvalue weighted by atomic mass is 16.5. The molecule has 0 amide bonds. The third-order valence-electron chi connectivity index (χ3n) is 4.55. The second-order valence-corrected chi connectivity index (χ2v) is 7.73. The number of benzene rings is 1. The van der Waals surface area contributed by atoms with Crippen LogP contribution < -0.4 is 9.47 Å². The SMILES string of the molecule is COc1cc2c(cc1OC)C(CN(C)CCCC(C)(C)C)C2. The van der Waals surface area contributed by atoms with Crippen LogP contribution >= 0.6 is 0 Å². The molecule has 22 heavy (non-hydrogen) atoms. The molecule has 0 heterocycles. The number of methoxy groups -OCH3 is 2. The summed E-state index contributed by atoms with van der Waals surface area (Å²) in [6.07, 6.45) is 3.70. The summed E-state index contributed by atoms with van der Waals surface area (Å²) in [5.74, 6) is 2.33. The van der Waals surface area contributed by atoms with Crippen molar-refractivity contribution in [1.29, 1.82) is 0 Å². The van der Waals surface area contributed by atoms with Crippen LogP contribution in [0.4, 0.5) is 0 Å². The zero-order valence-corrected chi connectivity index (χ0v) is 15.0. The molecule has 1 aliphatic rings. The van der Waals surface area contributed by atoms with E-state index in [0.717, 1.165) is 24.5 Å². The Morgan fingerprint density at radius 2 is 1.77 bits per heavy atom. The largest absolute Gasteiger partial charge is 0.493 e. The van der Waals surface area contributed by atoms with Crippen LogP contribution in [0.3, 0.4) is 0 Å². The molecule has 1 aliphatic carbocycles. The summed E-state index contributed by atoms with van der Waals surface area (Å²) >= 11 is 0. The predicted octanol–water partition coefficient (Wildman–Crippen LogP) is 4.10. The topological polar surface area (TPSA) is 21.7 Å². The summed E-state index contributed by atoms with van der Waals surface area (Å²) in [4.78, 5) is 2.47. The number of fused-ring (bicyclic) bond motifs is 1. The minimum Gasteiger partial charge on any atom is -0.493 e. The van der Waals surface area contributed by atoms with Gasteiger partial charge in [-0.3, -0.25) is 0 Å². The highest BCUT2D eigenvalue weighted by Gasteiger charge is 2.29. The Hall–Kier alpha value is -1.22. The molecule has 1 aromatic rings. The molecule has 1 aromatic carbocycles. The van der Waals surface area contributed by atoms with Gasteiger partial charge in [0.1, 0.15) is 0 Å². The number of hydrogen-bond acceptors (Lipinski definition) is 3. The van der Waals surface area contributed by atoms with Crippen molar-refractivity contribution in [2.75, 3.05) is 34.4 Å². The van der Waals surface area contributed by atoms with E-state index in [2.05, 4.69) is 44.9 Å². The molecule has 0 N–H and O–H groups in total. The molecular weight excluding hydrogens is 274 g/mol. The third kappa shape index (κ3) is 4.16. The van der Waals surface area contributed by atoms with Crippen molar-refractivity contribution in [3.63, 3.8) is 0 Å². The average Bonchev–Trinajstić information content (AvgIpc) is 2.42. The van der Waals surface area contributed by atoms with E-state index >= 15 is 0 Å². The van der Waals surface area contributed by atoms with Gasteiger partial charge < -0.3 is 14.4 Å². The Bertz CT molecular complexity index is 505. The molecule has 2 rings (SSSR count). The van der Waals surface area contributed by atoms with Gasteiger partial charge in [0.2, 0.25) is 0 Å². The van der Waals surface area contributed by atoms with E-state index in [1.54, 1.807) is 14.2 Å². The lowest BCUT2D eigenvalue weighted by Gasteiger charge is -2.34. The van der Waals surface area contributed by atoms with Gasteiger partial charge in [-0.05, 0) is 61.5 Å². The van der Waals surface area contributed by atoms with Crippen LogP contribution in [0.1, 0.15) is 50.7 Å². The molecule has 0 fully saturated rings. The lowest BCUT2D eigenvalue weighted by molar-refractivity contribution is 0.267. The Labute approximate surface area is 135 Å². The van der Waals surface area contributed by atoms with Crippen molar-refractivity contribution in [3.8, 4) is 11.5 Å². The fourth-order valence-electron chi connectivity index (χ4n) is 3.25. The molecule has 3 nitrogen and oxygen atoms in total. The van der Waals surface area contributed by atoms with E-state index in [1.165, 1.54) is 30.5 Å². The van der Waals surface area contributed by atoms with Gasteiger partial charge in [-0.2, -0.15) is 0 Å². The first-order valence-electron chi connectivity index (χ1n) is 8.27. The van der Waals surface area contributed by atoms with Gasteiger partial charge in [-0.1, -0.05) is 20.8 Å². The second-order valence-electron chi connectivity index (χ2n) is 7.73. The van der Waals surface area contributed by atoms with Crippen LogP contribution in [0.25, 0.3) is 0 Å². The summed E-state index contributed by atoms with van der Waals surface area (Å²) in [7, 11) is 5.64. The second kappa shape index (κ2) is 6.91.